The molecule has 0 saturated heterocycles. The van der Waals surface area contributed by atoms with E-state index in [2.05, 4.69) is 4.74 Å². The van der Waals surface area contributed by atoms with Gasteiger partial charge in [0.2, 0.25) is 0 Å². The predicted molar refractivity (Wildman–Crippen MR) is 57.6 cm³/mol. The molecule has 16 heavy (non-hydrogen) atoms. The lowest BCUT2D eigenvalue weighted by Gasteiger charge is -2.11. The molecule has 0 aliphatic carbocycles. The minimum absolute atomic E-state index is 0.227. The zero-order valence-corrected chi connectivity index (χ0v) is 9.39. The van der Waals surface area contributed by atoms with Crippen molar-refractivity contribution in [3.05, 3.63) is 12.2 Å². The number of methoxy groups -OCH3 is 1. The van der Waals surface area contributed by atoms with Crippen LogP contribution in [0.2, 0.25) is 0 Å². The second-order valence-corrected chi connectivity index (χ2v) is 3.17. The van der Waals surface area contributed by atoms with Crippen molar-refractivity contribution in [1.29, 1.82) is 0 Å². The van der Waals surface area contributed by atoms with Gasteiger partial charge in [0.1, 0.15) is 0 Å². The van der Waals surface area contributed by atoms with E-state index in [0.29, 0.717) is 18.0 Å². The summed E-state index contributed by atoms with van der Waals surface area (Å²) >= 11 is 0. The fourth-order valence-corrected chi connectivity index (χ4v) is 0.986. The monoisotopic (exact) mass is 230 g/mol. The predicted octanol–water partition coefficient (Wildman–Crippen LogP) is 0.0624. The van der Waals surface area contributed by atoms with E-state index in [-0.39, 0.29) is 6.54 Å². The number of carbonyl (C=O) groups is 2. The summed E-state index contributed by atoms with van der Waals surface area (Å²) in [6.45, 7) is 0.825. The fourth-order valence-electron chi connectivity index (χ4n) is 0.986. The molecule has 0 unspecified atom stereocenters. The molecule has 1 amide bonds. The summed E-state index contributed by atoms with van der Waals surface area (Å²) in [4.78, 5) is 21.8. The third-order valence-electron chi connectivity index (χ3n) is 1.89. The molecule has 0 spiro atoms. The van der Waals surface area contributed by atoms with Crippen LogP contribution in [0.25, 0.3) is 0 Å². The fraction of sp³-hybridized carbons (Fsp3) is 0.600. The standard InChI is InChI=1S/C10H18N2O4/c1-16-10(14)6-5-9(13)12(15)8-4-2-3-7-11/h5-6,15H,2-4,7-8,11H2,1H3. The van der Waals surface area contributed by atoms with Crippen molar-refractivity contribution in [2.24, 2.45) is 5.73 Å². The van der Waals surface area contributed by atoms with Crippen molar-refractivity contribution in [2.45, 2.75) is 19.3 Å². The van der Waals surface area contributed by atoms with Gasteiger partial charge >= 0.3 is 5.97 Å². The molecular formula is C10H18N2O4. The maximum absolute atomic E-state index is 11.2. The van der Waals surface area contributed by atoms with Crippen LogP contribution in [0.15, 0.2) is 12.2 Å². The number of hydrogen-bond donors (Lipinski definition) is 2. The SMILES string of the molecule is COC(=O)C=CC(=O)N(O)CCCCCN. The van der Waals surface area contributed by atoms with Gasteiger partial charge in [-0.3, -0.25) is 10.0 Å². The van der Waals surface area contributed by atoms with E-state index in [9.17, 15) is 14.8 Å². The Labute approximate surface area is 94.6 Å². The average Bonchev–Trinajstić information content (AvgIpc) is 2.30. The van der Waals surface area contributed by atoms with Crippen LogP contribution in [-0.4, -0.2) is 42.3 Å². The van der Waals surface area contributed by atoms with E-state index in [1.165, 1.54) is 7.11 Å². The van der Waals surface area contributed by atoms with E-state index in [0.717, 1.165) is 25.0 Å². The van der Waals surface area contributed by atoms with Gasteiger partial charge in [-0.05, 0) is 19.4 Å². The van der Waals surface area contributed by atoms with E-state index >= 15 is 0 Å². The van der Waals surface area contributed by atoms with Crippen molar-refractivity contribution in [2.75, 3.05) is 20.2 Å². The lowest BCUT2D eigenvalue weighted by Crippen LogP contribution is -2.26. The molecular weight excluding hydrogens is 212 g/mol. The lowest BCUT2D eigenvalue weighted by atomic mass is 10.2. The van der Waals surface area contributed by atoms with Gasteiger partial charge in [-0.25, -0.2) is 9.86 Å². The minimum Gasteiger partial charge on any atom is -0.466 e. The Morgan fingerprint density at radius 2 is 2.00 bits per heavy atom. The summed E-state index contributed by atoms with van der Waals surface area (Å²) in [6, 6.07) is 0. The Hall–Kier alpha value is -1.40. The number of rotatable bonds is 7. The molecule has 0 bridgehead atoms. The quantitative estimate of drug-likeness (QED) is 0.212. The van der Waals surface area contributed by atoms with Crippen LogP contribution in [0.1, 0.15) is 19.3 Å². The molecule has 0 atom stereocenters. The maximum Gasteiger partial charge on any atom is 0.330 e. The van der Waals surface area contributed by atoms with Crippen LogP contribution in [0.4, 0.5) is 0 Å². The van der Waals surface area contributed by atoms with E-state index in [4.69, 9.17) is 5.73 Å². The second kappa shape index (κ2) is 8.87. The summed E-state index contributed by atoms with van der Waals surface area (Å²) in [5, 5.41) is 9.82. The van der Waals surface area contributed by atoms with Crippen molar-refractivity contribution in [3.8, 4) is 0 Å². The highest BCUT2D eigenvalue weighted by Crippen LogP contribution is 1.97. The molecule has 0 aromatic carbocycles. The van der Waals surface area contributed by atoms with Crippen molar-refractivity contribution >= 4 is 11.9 Å². The van der Waals surface area contributed by atoms with Crippen molar-refractivity contribution in [3.63, 3.8) is 0 Å². The van der Waals surface area contributed by atoms with Gasteiger partial charge < -0.3 is 10.5 Å². The molecule has 0 aromatic heterocycles. The topological polar surface area (TPSA) is 92.9 Å². The lowest BCUT2D eigenvalue weighted by molar-refractivity contribution is -0.159. The molecule has 6 nitrogen and oxygen atoms in total. The van der Waals surface area contributed by atoms with Crippen LogP contribution >= 0.6 is 0 Å². The number of nitrogens with zero attached hydrogens (tertiary/aromatic N) is 1. The highest BCUT2D eigenvalue weighted by atomic mass is 16.5. The third-order valence-corrected chi connectivity index (χ3v) is 1.89. The Bertz CT molecular complexity index is 253. The molecule has 3 N–H and O–H groups in total. The molecule has 0 aromatic rings. The number of carbonyl (C=O) groups excluding carboxylic acids is 2. The molecule has 0 aliphatic rings. The summed E-state index contributed by atoms with van der Waals surface area (Å²) in [5.74, 6) is -1.27. The zero-order valence-electron chi connectivity index (χ0n) is 9.39. The molecule has 0 radical (unpaired) electrons. The summed E-state index contributed by atoms with van der Waals surface area (Å²) < 4.78 is 4.30. The Morgan fingerprint density at radius 1 is 1.31 bits per heavy atom. The first-order valence-corrected chi connectivity index (χ1v) is 5.08. The van der Waals surface area contributed by atoms with Crippen LogP contribution in [-0.2, 0) is 14.3 Å². The molecule has 0 aliphatic heterocycles. The van der Waals surface area contributed by atoms with E-state index < -0.39 is 11.9 Å². The molecule has 6 heteroatoms. The van der Waals surface area contributed by atoms with Crippen LogP contribution < -0.4 is 5.73 Å². The minimum atomic E-state index is -0.641. The first-order valence-electron chi connectivity index (χ1n) is 5.08. The van der Waals surface area contributed by atoms with Crippen molar-refractivity contribution in [1.82, 2.24) is 5.06 Å². The van der Waals surface area contributed by atoms with Crippen LogP contribution in [0, 0.1) is 0 Å². The van der Waals surface area contributed by atoms with Gasteiger partial charge in [-0.1, -0.05) is 6.42 Å². The maximum atomic E-state index is 11.2. The Balaban J connectivity index is 3.81. The van der Waals surface area contributed by atoms with Gasteiger partial charge in [0.25, 0.3) is 5.91 Å². The number of hydrogen-bond acceptors (Lipinski definition) is 5. The average molecular weight is 230 g/mol. The highest BCUT2D eigenvalue weighted by Gasteiger charge is 2.06. The third kappa shape index (κ3) is 6.97. The largest absolute Gasteiger partial charge is 0.466 e. The van der Waals surface area contributed by atoms with Crippen LogP contribution in [0.5, 0.6) is 0 Å². The number of amides is 1. The summed E-state index contributed by atoms with van der Waals surface area (Å²) in [6.07, 6.45) is 4.31. The van der Waals surface area contributed by atoms with Gasteiger partial charge in [-0.15, -0.1) is 0 Å². The zero-order chi connectivity index (χ0) is 12.4. The number of ether oxygens (including phenoxy) is 1. The van der Waals surface area contributed by atoms with Gasteiger partial charge in [0.05, 0.1) is 7.11 Å². The molecule has 0 saturated carbocycles. The first kappa shape index (κ1) is 14.6. The van der Waals surface area contributed by atoms with Gasteiger partial charge in [-0.2, -0.15) is 0 Å². The Kier molecular flexibility index (Phi) is 8.10. The second-order valence-electron chi connectivity index (χ2n) is 3.17. The van der Waals surface area contributed by atoms with Gasteiger partial charge in [0.15, 0.2) is 0 Å². The number of esters is 1. The van der Waals surface area contributed by atoms with E-state index in [1.807, 2.05) is 0 Å². The van der Waals surface area contributed by atoms with Gasteiger partial charge in [0, 0.05) is 18.7 Å². The van der Waals surface area contributed by atoms with Crippen molar-refractivity contribution < 1.29 is 19.5 Å². The number of unbranched alkanes of at least 4 members (excludes halogenated alkanes) is 2. The number of nitrogens with two attached hydrogens (primary N) is 1. The summed E-state index contributed by atoms with van der Waals surface area (Å²) in [5.41, 5.74) is 5.30. The summed E-state index contributed by atoms with van der Waals surface area (Å²) in [7, 11) is 1.21. The first-order chi connectivity index (χ1) is 7.61. The highest BCUT2D eigenvalue weighted by molar-refractivity contribution is 5.93. The molecule has 92 valence electrons. The smallest absolute Gasteiger partial charge is 0.330 e. The normalized spacial score (nSPS) is 10.4. The Morgan fingerprint density at radius 3 is 2.56 bits per heavy atom. The molecule has 0 heterocycles. The number of hydroxylamine groups is 2. The van der Waals surface area contributed by atoms with Crippen LogP contribution in [0.3, 0.4) is 0 Å². The molecule has 0 fully saturated rings. The van der Waals surface area contributed by atoms with E-state index in [1.54, 1.807) is 0 Å². The molecule has 0 rings (SSSR count).